The normalized spacial score (nSPS) is 11.2. The van der Waals surface area contributed by atoms with Crippen molar-refractivity contribution >= 4 is 24.0 Å². The van der Waals surface area contributed by atoms with Gasteiger partial charge in [-0.25, -0.2) is 0 Å². The molecule has 0 fully saturated rings. The fourth-order valence-electron chi connectivity index (χ4n) is 1.74. The minimum Gasteiger partial charge on any atom is -0.490 e. The van der Waals surface area contributed by atoms with Crippen molar-refractivity contribution in [2.24, 2.45) is 0 Å². The summed E-state index contributed by atoms with van der Waals surface area (Å²) in [6.07, 6.45) is 0. The average Bonchev–Trinajstić information content (AvgIpc) is 2.44. The third-order valence-corrected chi connectivity index (χ3v) is 2.76. The number of rotatable bonds is 7. The molecule has 0 radical (unpaired) electrons. The van der Waals surface area contributed by atoms with Crippen LogP contribution in [0.2, 0.25) is 0 Å². The maximum absolute atomic E-state index is 11.9. The van der Waals surface area contributed by atoms with Crippen LogP contribution in [0.1, 0.15) is 24.2 Å². The Morgan fingerprint density at radius 3 is 2.67 bits per heavy atom. The smallest absolute Gasteiger partial charge is 0.310 e. The summed E-state index contributed by atoms with van der Waals surface area (Å²) in [5, 5.41) is 16.7. The highest BCUT2D eigenvalue weighted by molar-refractivity contribution is 5.95. The predicted molar refractivity (Wildman–Crippen MR) is 82.4 cm³/mol. The quantitative estimate of drug-likeness (QED) is 0.590. The number of methoxy groups -OCH3 is 1. The molecular weight excluding hydrogens is 298 g/mol. The molecule has 1 atom stereocenters. The molecule has 0 aliphatic rings. The number of nitro benzene ring substituents is 1. The molecule has 0 saturated heterocycles. The van der Waals surface area contributed by atoms with Gasteiger partial charge in [-0.15, -0.1) is 12.4 Å². The highest BCUT2D eigenvalue weighted by Gasteiger charge is 2.17. The van der Waals surface area contributed by atoms with E-state index in [1.807, 2.05) is 13.8 Å². The monoisotopic (exact) mass is 317 g/mol. The van der Waals surface area contributed by atoms with Gasteiger partial charge >= 0.3 is 5.69 Å². The first-order valence-corrected chi connectivity index (χ1v) is 6.33. The minimum absolute atomic E-state index is 0. The van der Waals surface area contributed by atoms with Crippen molar-refractivity contribution < 1.29 is 14.5 Å². The highest BCUT2D eigenvalue weighted by atomic mass is 35.5. The lowest BCUT2D eigenvalue weighted by Crippen LogP contribution is -2.38. The van der Waals surface area contributed by atoms with Crippen molar-refractivity contribution in [1.82, 2.24) is 10.6 Å². The predicted octanol–water partition coefficient (Wildman–Crippen LogP) is 1.75. The number of carbonyl (C=O) groups is 1. The van der Waals surface area contributed by atoms with Crippen LogP contribution < -0.4 is 15.4 Å². The number of hydrogen-bond donors (Lipinski definition) is 2. The summed E-state index contributed by atoms with van der Waals surface area (Å²) in [5.41, 5.74) is 0.168. The van der Waals surface area contributed by atoms with Crippen LogP contribution in [0, 0.1) is 10.1 Å². The second-order valence-electron chi connectivity index (χ2n) is 4.31. The molecule has 2 N–H and O–H groups in total. The SMILES string of the molecule is CCN[C@H](C)CNC(=O)c1ccc([N+](=O)[O-])c(OC)c1.Cl. The Labute approximate surface area is 129 Å². The summed E-state index contributed by atoms with van der Waals surface area (Å²) < 4.78 is 4.93. The van der Waals surface area contributed by atoms with Gasteiger partial charge in [0.1, 0.15) is 0 Å². The number of carbonyl (C=O) groups excluding carboxylic acids is 1. The molecule has 0 aromatic heterocycles. The van der Waals surface area contributed by atoms with Crippen LogP contribution in [-0.2, 0) is 0 Å². The van der Waals surface area contributed by atoms with Crippen LogP contribution in [-0.4, -0.2) is 37.1 Å². The van der Waals surface area contributed by atoms with Crippen LogP contribution in [0.3, 0.4) is 0 Å². The number of ether oxygens (including phenoxy) is 1. The van der Waals surface area contributed by atoms with Crippen molar-refractivity contribution in [1.29, 1.82) is 0 Å². The van der Waals surface area contributed by atoms with E-state index < -0.39 is 4.92 Å². The van der Waals surface area contributed by atoms with E-state index in [0.29, 0.717) is 12.1 Å². The Balaban J connectivity index is 0.00000400. The molecule has 0 spiro atoms. The van der Waals surface area contributed by atoms with Crippen LogP contribution in [0.25, 0.3) is 0 Å². The molecule has 1 amide bonds. The summed E-state index contributed by atoms with van der Waals surface area (Å²) in [4.78, 5) is 22.2. The Morgan fingerprint density at radius 2 is 2.14 bits per heavy atom. The van der Waals surface area contributed by atoms with Gasteiger partial charge in [0.05, 0.1) is 12.0 Å². The van der Waals surface area contributed by atoms with E-state index in [4.69, 9.17) is 4.74 Å². The summed E-state index contributed by atoms with van der Waals surface area (Å²) in [7, 11) is 1.33. The third kappa shape index (κ3) is 5.57. The molecule has 1 rings (SSSR count). The maximum atomic E-state index is 11.9. The molecule has 0 unspecified atom stereocenters. The lowest BCUT2D eigenvalue weighted by Gasteiger charge is -2.13. The van der Waals surface area contributed by atoms with Gasteiger partial charge in [0.15, 0.2) is 5.75 Å². The first-order chi connectivity index (χ1) is 9.49. The number of amides is 1. The second-order valence-corrected chi connectivity index (χ2v) is 4.31. The molecule has 1 aromatic carbocycles. The number of halogens is 1. The summed E-state index contributed by atoms with van der Waals surface area (Å²) in [6.45, 7) is 5.24. The lowest BCUT2D eigenvalue weighted by molar-refractivity contribution is -0.385. The van der Waals surface area contributed by atoms with Gasteiger partial charge in [0.25, 0.3) is 5.91 Å². The lowest BCUT2D eigenvalue weighted by atomic mass is 10.1. The van der Waals surface area contributed by atoms with E-state index >= 15 is 0 Å². The fraction of sp³-hybridized carbons (Fsp3) is 0.462. The first kappa shape index (κ1) is 19.1. The van der Waals surface area contributed by atoms with Gasteiger partial charge in [-0.3, -0.25) is 14.9 Å². The standard InChI is InChI=1S/C13H19N3O4.ClH/c1-4-14-9(2)8-15-13(17)10-5-6-11(16(18)19)12(7-10)20-3;/h5-7,9,14H,4,8H2,1-3H3,(H,15,17);1H/t9-;/m1./s1. The van der Waals surface area contributed by atoms with E-state index in [-0.39, 0.29) is 35.8 Å². The van der Waals surface area contributed by atoms with Gasteiger partial charge in [-0.1, -0.05) is 6.92 Å². The van der Waals surface area contributed by atoms with Crippen molar-refractivity contribution in [2.45, 2.75) is 19.9 Å². The summed E-state index contributed by atoms with van der Waals surface area (Å²) in [6, 6.07) is 4.20. The second kappa shape index (κ2) is 9.15. The molecule has 0 aliphatic heterocycles. The largest absolute Gasteiger partial charge is 0.490 e. The van der Waals surface area contributed by atoms with Gasteiger partial charge in [0, 0.05) is 30.3 Å². The van der Waals surface area contributed by atoms with Gasteiger partial charge < -0.3 is 15.4 Å². The molecule has 0 saturated carbocycles. The molecule has 0 heterocycles. The zero-order valence-corrected chi connectivity index (χ0v) is 13.0. The van der Waals surface area contributed by atoms with Crippen LogP contribution in [0.15, 0.2) is 18.2 Å². The van der Waals surface area contributed by atoms with Crippen molar-refractivity contribution in [3.63, 3.8) is 0 Å². The number of benzene rings is 1. The third-order valence-electron chi connectivity index (χ3n) is 2.76. The highest BCUT2D eigenvalue weighted by Crippen LogP contribution is 2.27. The summed E-state index contributed by atoms with van der Waals surface area (Å²) >= 11 is 0. The Kier molecular flexibility index (Phi) is 8.34. The zero-order valence-electron chi connectivity index (χ0n) is 12.2. The molecule has 0 bridgehead atoms. The van der Waals surface area contributed by atoms with Crippen molar-refractivity contribution in [3.8, 4) is 5.75 Å². The van der Waals surface area contributed by atoms with E-state index in [0.717, 1.165) is 6.54 Å². The number of nitrogens with one attached hydrogen (secondary N) is 2. The molecule has 118 valence electrons. The molecule has 7 nitrogen and oxygen atoms in total. The Morgan fingerprint density at radius 1 is 1.48 bits per heavy atom. The number of likely N-dealkylation sites (N-methyl/N-ethyl adjacent to an activating group) is 1. The van der Waals surface area contributed by atoms with E-state index in [1.165, 1.54) is 25.3 Å². The zero-order chi connectivity index (χ0) is 15.1. The minimum atomic E-state index is -0.548. The molecule has 0 aliphatic carbocycles. The average molecular weight is 318 g/mol. The fourth-order valence-corrected chi connectivity index (χ4v) is 1.74. The van der Waals surface area contributed by atoms with Crippen LogP contribution in [0.5, 0.6) is 5.75 Å². The van der Waals surface area contributed by atoms with E-state index in [1.54, 1.807) is 0 Å². The Bertz CT molecular complexity index is 496. The topological polar surface area (TPSA) is 93.5 Å². The first-order valence-electron chi connectivity index (χ1n) is 6.33. The van der Waals surface area contributed by atoms with Gasteiger partial charge in [-0.2, -0.15) is 0 Å². The summed E-state index contributed by atoms with van der Waals surface area (Å²) in [5.74, 6) is -0.217. The van der Waals surface area contributed by atoms with Gasteiger partial charge in [0.2, 0.25) is 0 Å². The number of hydrogen-bond acceptors (Lipinski definition) is 5. The van der Waals surface area contributed by atoms with Gasteiger partial charge in [-0.05, 0) is 19.5 Å². The van der Waals surface area contributed by atoms with Crippen molar-refractivity contribution in [3.05, 3.63) is 33.9 Å². The Hall–Kier alpha value is -1.86. The molecular formula is C13H20ClN3O4. The molecule has 8 heteroatoms. The maximum Gasteiger partial charge on any atom is 0.310 e. The van der Waals surface area contributed by atoms with E-state index in [2.05, 4.69) is 10.6 Å². The van der Waals surface area contributed by atoms with E-state index in [9.17, 15) is 14.9 Å². The number of nitrogens with zero attached hydrogens (tertiary/aromatic N) is 1. The van der Waals surface area contributed by atoms with Crippen molar-refractivity contribution in [2.75, 3.05) is 20.2 Å². The van der Waals surface area contributed by atoms with Crippen LogP contribution in [0.4, 0.5) is 5.69 Å². The van der Waals surface area contributed by atoms with Crippen LogP contribution >= 0.6 is 12.4 Å². The molecule has 1 aromatic rings. The molecule has 21 heavy (non-hydrogen) atoms. The number of nitro groups is 1.